The van der Waals surface area contributed by atoms with Crippen molar-refractivity contribution in [3.8, 4) is 0 Å². The molecule has 0 saturated carbocycles. The van der Waals surface area contributed by atoms with Gasteiger partial charge in [-0.2, -0.15) is 0 Å². The highest BCUT2D eigenvalue weighted by Gasteiger charge is 2.38. The van der Waals surface area contributed by atoms with Crippen molar-refractivity contribution in [2.75, 3.05) is 39.1 Å². The van der Waals surface area contributed by atoms with Crippen LogP contribution in [-0.2, 0) is 9.53 Å². The Morgan fingerprint density at radius 2 is 2.22 bits per heavy atom. The molecule has 2 aromatic heterocycles. The van der Waals surface area contributed by atoms with Crippen LogP contribution in [0.5, 0.6) is 0 Å². The van der Waals surface area contributed by atoms with Gasteiger partial charge in [0.2, 0.25) is 5.91 Å². The fourth-order valence-corrected chi connectivity index (χ4v) is 3.92. The number of carbonyl (C=O) groups excluding carboxylic acids is 1. The molecule has 0 unspecified atom stereocenters. The predicted molar refractivity (Wildman–Crippen MR) is 103 cm³/mol. The maximum Gasteiger partial charge on any atom is 0.224 e. The van der Waals surface area contributed by atoms with Crippen LogP contribution in [0.4, 0.5) is 5.82 Å². The van der Waals surface area contributed by atoms with Crippen molar-refractivity contribution in [1.82, 2.24) is 24.8 Å². The molecule has 2 aliphatic rings. The third-order valence-corrected chi connectivity index (χ3v) is 5.32. The molecular formula is C19H26N6O2. The summed E-state index contributed by atoms with van der Waals surface area (Å²) in [6, 6.07) is 4.59. The molecule has 2 fully saturated rings. The number of amides is 1. The largest absolute Gasteiger partial charge is 0.375 e. The van der Waals surface area contributed by atoms with Crippen LogP contribution >= 0.6 is 0 Å². The minimum atomic E-state index is -0.0266. The molecule has 144 valence electrons. The van der Waals surface area contributed by atoms with Gasteiger partial charge in [-0.05, 0) is 25.5 Å². The quantitative estimate of drug-likeness (QED) is 0.862. The smallest absolute Gasteiger partial charge is 0.224 e. The number of aryl methyl sites for hydroxylation is 1. The van der Waals surface area contributed by atoms with E-state index in [0.29, 0.717) is 36.6 Å². The molecular weight excluding hydrogens is 344 g/mol. The third kappa shape index (κ3) is 3.86. The van der Waals surface area contributed by atoms with E-state index in [-0.39, 0.29) is 12.0 Å². The molecule has 0 spiro atoms. The molecule has 1 N–H and O–H groups in total. The Balaban J connectivity index is 1.43. The maximum atomic E-state index is 12.0. The summed E-state index contributed by atoms with van der Waals surface area (Å²) in [5, 5.41) is 4.53. The lowest BCUT2D eigenvalue weighted by Crippen LogP contribution is -2.47. The van der Waals surface area contributed by atoms with Crippen LogP contribution in [0.1, 0.15) is 18.7 Å². The van der Waals surface area contributed by atoms with E-state index in [1.54, 1.807) is 25.2 Å². The zero-order valence-electron chi connectivity index (χ0n) is 16.1. The van der Waals surface area contributed by atoms with E-state index in [9.17, 15) is 4.79 Å². The van der Waals surface area contributed by atoms with E-state index < -0.39 is 0 Å². The Bertz CT molecular complexity index is 842. The van der Waals surface area contributed by atoms with Crippen molar-refractivity contribution in [2.45, 2.75) is 38.0 Å². The highest BCUT2D eigenvalue weighted by molar-refractivity contribution is 5.86. The molecule has 2 aliphatic heterocycles. The van der Waals surface area contributed by atoms with Gasteiger partial charge in [0.1, 0.15) is 11.6 Å². The van der Waals surface area contributed by atoms with Crippen molar-refractivity contribution in [2.24, 2.45) is 0 Å². The topological polar surface area (TPSA) is 83.5 Å². The maximum absolute atomic E-state index is 12.0. The van der Waals surface area contributed by atoms with Crippen LogP contribution in [-0.4, -0.2) is 82.6 Å². The minimum absolute atomic E-state index is 0.0266. The molecule has 8 heteroatoms. The number of fused-ring (bicyclic) bond motifs is 2. The number of anilines is 1. The van der Waals surface area contributed by atoms with Crippen molar-refractivity contribution >= 4 is 22.8 Å². The second-order valence-electron chi connectivity index (χ2n) is 7.63. The number of hydrogen-bond acceptors (Lipinski definition) is 7. The predicted octanol–water partition coefficient (Wildman–Crippen LogP) is 1.07. The number of nitrogens with one attached hydrogen (secondary N) is 1. The third-order valence-electron chi connectivity index (χ3n) is 5.32. The summed E-state index contributed by atoms with van der Waals surface area (Å²) in [4.78, 5) is 29.4. The zero-order chi connectivity index (χ0) is 19.0. The average Bonchev–Trinajstić information content (AvgIpc) is 3.03. The van der Waals surface area contributed by atoms with E-state index in [4.69, 9.17) is 4.74 Å². The molecule has 3 atom stereocenters. The molecule has 0 radical (unpaired) electrons. The van der Waals surface area contributed by atoms with Crippen LogP contribution in [0, 0.1) is 6.92 Å². The molecule has 4 heterocycles. The first-order valence-electron chi connectivity index (χ1n) is 9.41. The average molecular weight is 370 g/mol. The number of hydrogen-bond donors (Lipinski definition) is 1. The number of aromatic nitrogens is 3. The van der Waals surface area contributed by atoms with Crippen molar-refractivity contribution in [1.29, 1.82) is 0 Å². The van der Waals surface area contributed by atoms with E-state index in [2.05, 4.69) is 25.2 Å². The van der Waals surface area contributed by atoms with Crippen LogP contribution in [0.25, 0.3) is 11.0 Å². The van der Waals surface area contributed by atoms with E-state index in [1.165, 1.54) is 0 Å². The first-order chi connectivity index (χ1) is 13.0. The lowest BCUT2D eigenvalue weighted by molar-refractivity contribution is -0.134. The van der Waals surface area contributed by atoms with Crippen molar-refractivity contribution in [3.63, 3.8) is 0 Å². The van der Waals surface area contributed by atoms with Gasteiger partial charge in [-0.15, -0.1) is 0 Å². The zero-order valence-corrected chi connectivity index (χ0v) is 16.1. The van der Waals surface area contributed by atoms with Gasteiger partial charge in [-0.3, -0.25) is 9.69 Å². The Morgan fingerprint density at radius 3 is 3.04 bits per heavy atom. The van der Waals surface area contributed by atoms with Crippen LogP contribution < -0.4 is 5.32 Å². The van der Waals surface area contributed by atoms with Crippen LogP contribution in [0.2, 0.25) is 0 Å². The molecule has 0 aliphatic carbocycles. The van der Waals surface area contributed by atoms with E-state index in [0.717, 1.165) is 30.7 Å². The summed E-state index contributed by atoms with van der Waals surface area (Å²) >= 11 is 0. The highest BCUT2D eigenvalue weighted by Crippen LogP contribution is 2.28. The lowest BCUT2D eigenvalue weighted by atomic mass is 10.1. The SMILES string of the molecule is Cc1nc(N[C@@H]2C[C@H]3CO[C@@H](CC(=O)N(C)C)CN3C2)c2cccnc2n1. The van der Waals surface area contributed by atoms with Gasteiger partial charge in [-0.25, -0.2) is 15.0 Å². The van der Waals surface area contributed by atoms with Gasteiger partial charge >= 0.3 is 0 Å². The summed E-state index contributed by atoms with van der Waals surface area (Å²) in [7, 11) is 3.57. The van der Waals surface area contributed by atoms with Crippen molar-refractivity contribution in [3.05, 3.63) is 24.2 Å². The minimum Gasteiger partial charge on any atom is -0.375 e. The number of rotatable bonds is 4. The van der Waals surface area contributed by atoms with E-state index >= 15 is 0 Å². The molecule has 1 amide bonds. The summed E-state index contributed by atoms with van der Waals surface area (Å²) in [5.74, 6) is 1.67. The first-order valence-corrected chi connectivity index (χ1v) is 9.41. The fourth-order valence-electron chi connectivity index (χ4n) is 3.92. The van der Waals surface area contributed by atoms with Gasteiger partial charge in [-0.1, -0.05) is 0 Å². The van der Waals surface area contributed by atoms with Crippen LogP contribution in [0.3, 0.4) is 0 Å². The summed E-state index contributed by atoms with van der Waals surface area (Å²) in [5.41, 5.74) is 0.716. The second kappa shape index (κ2) is 7.36. The molecule has 0 bridgehead atoms. The standard InChI is InChI=1S/C19H26N6O2/c1-12-21-18-16(5-4-6-20-18)19(22-12)23-13-7-14-11-27-15(10-25(14)9-13)8-17(26)24(2)3/h4-6,13-15H,7-11H2,1-3H3,(H,20,21,22,23)/t13-,14+,15+/m1/s1. The van der Waals surface area contributed by atoms with Gasteiger partial charge in [0.15, 0.2) is 5.65 Å². The van der Waals surface area contributed by atoms with Crippen molar-refractivity contribution < 1.29 is 9.53 Å². The summed E-state index contributed by atoms with van der Waals surface area (Å²) in [6.45, 7) is 4.28. The molecule has 8 nitrogen and oxygen atoms in total. The number of morpholine rings is 1. The Labute approximate surface area is 158 Å². The van der Waals surface area contributed by atoms with Gasteiger partial charge < -0.3 is 15.0 Å². The van der Waals surface area contributed by atoms with Crippen LogP contribution in [0.15, 0.2) is 18.3 Å². The first kappa shape index (κ1) is 18.1. The number of ether oxygens (including phenoxy) is 1. The van der Waals surface area contributed by atoms with E-state index in [1.807, 2.05) is 19.1 Å². The lowest BCUT2D eigenvalue weighted by Gasteiger charge is -2.35. The Hall–Kier alpha value is -2.32. The molecule has 2 aromatic rings. The van der Waals surface area contributed by atoms with Gasteiger partial charge in [0.25, 0.3) is 0 Å². The molecule has 0 aromatic carbocycles. The fraction of sp³-hybridized carbons (Fsp3) is 0.579. The molecule has 2 saturated heterocycles. The Kier molecular flexibility index (Phi) is 4.92. The number of carbonyl (C=O) groups is 1. The van der Waals surface area contributed by atoms with Gasteiger partial charge in [0.05, 0.1) is 24.5 Å². The molecule has 27 heavy (non-hydrogen) atoms. The number of nitrogens with zero attached hydrogens (tertiary/aromatic N) is 5. The Morgan fingerprint density at radius 1 is 1.37 bits per heavy atom. The normalized spacial score (nSPS) is 25.4. The summed E-state index contributed by atoms with van der Waals surface area (Å²) in [6.07, 6.45) is 3.16. The second-order valence-corrected chi connectivity index (χ2v) is 7.63. The summed E-state index contributed by atoms with van der Waals surface area (Å²) < 4.78 is 5.95. The number of pyridine rings is 1. The van der Waals surface area contributed by atoms with Gasteiger partial charge in [0, 0.05) is 45.5 Å². The molecule has 4 rings (SSSR count). The highest BCUT2D eigenvalue weighted by atomic mass is 16.5. The monoisotopic (exact) mass is 370 g/mol.